The number of nitrogens with one attached hydrogen (secondary N) is 2. The number of rotatable bonds is 2. The van der Waals surface area contributed by atoms with E-state index in [0.29, 0.717) is 13.0 Å². The summed E-state index contributed by atoms with van der Waals surface area (Å²) in [5, 5.41) is 5.25. The Morgan fingerprint density at radius 3 is 1.90 bits per heavy atom. The van der Waals surface area contributed by atoms with E-state index in [0.717, 1.165) is 6.54 Å². The lowest BCUT2D eigenvalue weighted by molar-refractivity contribution is -0.144. The summed E-state index contributed by atoms with van der Waals surface area (Å²) in [6, 6.07) is 0. The second-order valence-corrected chi connectivity index (χ2v) is 5.37. The Labute approximate surface area is 118 Å². The van der Waals surface area contributed by atoms with E-state index in [1.165, 1.54) is 0 Å². The molecule has 0 aromatic rings. The Kier molecular flexibility index (Phi) is 6.30. The van der Waals surface area contributed by atoms with Crippen molar-refractivity contribution in [3.05, 3.63) is 0 Å². The molecule has 0 radical (unpaired) electrons. The third-order valence-corrected chi connectivity index (χ3v) is 3.26. The fraction of sp³-hybridized carbons (Fsp3) is 0.917. The highest BCUT2D eigenvalue weighted by atomic mass is 19.4. The number of hydrogen-bond donors (Lipinski definition) is 2. The van der Waals surface area contributed by atoms with Gasteiger partial charge in [0.1, 0.15) is 0 Å². The van der Waals surface area contributed by atoms with E-state index in [1.54, 1.807) is 0 Å². The minimum absolute atomic E-state index is 0.0134. The summed E-state index contributed by atoms with van der Waals surface area (Å²) in [7, 11) is 0. The topological polar surface area (TPSA) is 41.1 Å². The smallest absolute Gasteiger partial charge is 0.356 e. The zero-order chi connectivity index (χ0) is 16.1. The number of carbonyl (C=O) groups is 1. The summed E-state index contributed by atoms with van der Waals surface area (Å²) >= 11 is 0. The molecule has 3 nitrogen and oxygen atoms in total. The SMILES string of the molecule is FC(F)(F)CC1CCNC1.O=C1CC(CC(F)(F)F)CN1. The van der Waals surface area contributed by atoms with Crippen LogP contribution in [0.5, 0.6) is 0 Å². The molecule has 0 aliphatic carbocycles. The van der Waals surface area contributed by atoms with Gasteiger partial charge in [-0.25, -0.2) is 0 Å². The van der Waals surface area contributed by atoms with Crippen molar-refractivity contribution in [2.24, 2.45) is 11.8 Å². The van der Waals surface area contributed by atoms with Gasteiger partial charge in [-0.3, -0.25) is 4.79 Å². The van der Waals surface area contributed by atoms with Gasteiger partial charge in [0, 0.05) is 25.8 Å². The van der Waals surface area contributed by atoms with Crippen molar-refractivity contribution in [3.63, 3.8) is 0 Å². The first-order chi connectivity index (χ1) is 9.55. The van der Waals surface area contributed by atoms with Crippen molar-refractivity contribution in [3.8, 4) is 0 Å². The lowest BCUT2D eigenvalue weighted by atomic mass is 10.1. The van der Waals surface area contributed by atoms with Gasteiger partial charge in [0.2, 0.25) is 5.91 Å². The standard InChI is InChI=1S/C6H8F3NO.C6H10F3N/c7-6(8,9)2-4-1-5(11)10-3-4;7-6(8,9)3-5-1-2-10-4-5/h4H,1-3H2,(H,10,11);5,10H,1-4H2. The number of alkyl halides is 6. The summed E-state index contributed by atoms with van der Waals surface area (Å²) in [4.78, 5) is 10.5. The van der Waals surface area contributed by atoms with Crippen molar-refractivity contribution in [1.82, 2.24) is 10.6 Å². The average Bonchev–Trinajstić information content (AvgIpc) is 2.87. The van der Waals surface area contributed by atoms with Gasteiger partial charge in [-0.15, -0.1) is 0 Å². The molecule has 9 heteroatoms. The van der Waals surface area contributed by atoms with Crippen LogP contribution < -0.4 is 10.6 Å². The fourth-order valence-corrected chi connectivity index (χ4v) is 2.35. The van der Waals surface area contributed by atoms with Gasteiger partial charge in [-0.05, 0) is 31.3 Å². The summed E-state index contributed by atoms with van der Waals surface area (Å²) in [5.41, 5.74) is 0. The zero-order valence-electron chi connectivity index (χ0n) is 11.3. The molecule has 2 aliphatic rings. The van der Waals surface area contributed by atoms with Gasteiger partial charge in [0.25, 0.3) is 0 Å². The summed E-state index contributed by atoms with van der Waals surface area (Å²) in [6.45, 7) is 1.43. The first-order valence-corrected chi connectivity index (χ1v) is 6.66. The van der Waals surface area contributed by atoms with Gasteiger partial charge >= 0.3 is 12.4 Å². The largest absolute Gasteiger partial charge is 0.389 e. The highest BCUT2D eigenvalue weighted by Crippen LogP contribution is 2.28. The Morgan fingerprint density at radius 1 is 0.952 bits per heavy atom. The van der Waals surface area contributed by atoms with E-state index in [9.17, 15) is 31.1 Å². The Balaban J connectivity index is 0.000000211. The number of hydrogen-bond acceptors (Lipinski definition) is 2. The lowest BCUT2D eigenvalue weighted by Crippen LogP contribution is -2.17. The molecule has 2 rings (SSSR count). The highest BCUT2D eigenvalue weighted by Gasteiger charge is 2.35. The minimum atomic E-state index is -4.14. The highest BCUT2D eigenvalue weighted by molar-refractivity contribution is 5.78. The second kappa shape index (κ2) is 7.33. The number of halogens is 6. The third-order valence-electron chi connectivity index (χ3n) is 3.26. The van der Waals surface area contributed by atoms with Crippen LogP contribution in [0.2, 0.25) is 0 Å². The molecule has 2 heterocycles. The van der Waals surface area contributed by atoms with Crippen LogP contribution in [0.3, 0.4) is 0 Å². The first-order valence-electron chi connectivity index (χ1n) is 6.66. The van der Waals surface area contributed by atoms with Crippen LogP contribution >= 0.6 is 0 Å². The molecule has 2 unspecified atom stereocenters. The van der Waals surface area contributed by atoms with E-state index in [4.69, 9.17) is 0 Å². The van der Waals surface area contributed by atoms with Crippen molar-refractivity contribution in [2.75, 3.05) is 19.6 Å². The Morgan fingerprint density at radius 2 is 1.52 bits per heavy atom. The van der Waals surface area contributed by atoms with Gasteiger partial charge in [-0.2, -0.15) is 26.3 Å². The van der Waals surface area contributed by atoms with Crippen LogP contribution in [0.4, 0.5) is 26.3 Å². The second-order valence-electron chi connectivity index (χ2n) is 5.37. The quantitative estimate of drug-likeness (QED) is 0.768. The van der Waals surface area contributed by atoms with Crippen LogP contribution in [0.15, 0.2) is 0 Å². The van der Waals surface area contributed by atoms with Gasteiger partial charge in [0.15, 0.2) is 0 Å². The van der Waals surface area contributed by atoms with E-state index >= 15 is 0 Å². The van der Waals surface area contributed by atoms with Crippen molar-refractivity contribution in [1.29, 1.82) is 0 Å². The van der Waals surface area contributed by atoms with Crippen LogP contribution in [-0.2, 0) is 4.79 Å². The average molecular weight is 320 g/mol. The van der Waals surface area contributed by atoms with E-state index in [1.807, 2.05) is 0 Å². The predicted molar refractivity (Wildman–Crippen MR) is 63.4 cm³/mol. The maximum atomic E-state index is 11.7. The van der Waals surface area contributed by atoms with Crippen LogP contribution in [-0.4, -0.2) is 37.9 Å². The van der Waals surface area contributed by atoms with E-state index in [-0.39, 0.29) is 24.8 Å². The normalized spacial score (nSPS) is 26.3. The zero-order valence-corrected chi connectivity index (χ0v) is 11.3. The van der Waals surface area contributed by atoms with Crippen molar-refractivity contribution in [2.45, 2.75) is 38.0 Å². The monoisotopic (exact) mass is 320 g/mol. The summed E-state index contributed by atoms with van der Waals surface area (Å²) in [5.74, 6) is -1.01. The summed E-state index contributed by atoms with van der Waals surface area (Å²) in [6.07, 6.45) is -8.92. The minimum Gasteiger partial charge on any atom is -0.356 e. The molecule has 1 amide bonds. The van der Waals surface area contributed by atoms with Crippen molar-refractivity contribution >= 4 is 5.91 Å². The summed E-state index contributed by atoms with van der Waals surface area (Å²) < 4.78 is 70.1. The number of amides is 1. The molecule has 2 aliphatic heterocycles. The molecule has 0 bridgehead atoms. The maximum Gasteiger partial charge on any atom is 0.389 e. The maximum absolute atomic E-state index is 11.7. The van der Waals surface area contributed by atoms with E-state index in [2.05, 4.69) is 10.6 Å². The molecular formula is C12H18F6N2O. The molecule has 2 atom stereocenters. The molecule has 124 valence electrons. The van der Waals surface area contributed by atoms with Crippen LogP contribution in [0.25, 0.3) is 0 Å². The third kappa shape index (κ3) is 8.79. The lowest BCUT2D eigenvalue weighted by Gasteiger charge is -2.10. The molecule has 0 saturated carbocycles. The fourth-order valence-electron chi connectivity index (χ4n) is 2.35. The van der Waals surface area contributed by atoms with Gasteiger partial charge in [-0.1, -0.05) is 0 Å². The Hall–Kier alpha value is -0.990. The molecule has 21 heavy (non-hydrogen) atoms. The van der Waals surface area contributed by atoms with Gasteiger partial charge in [0.05, 0.1) is 0 Å². The molecule has 2 N–H and O–H groups in total. The molecule has 0 aromatic heterocycles. The van der Waals surface area contributed by atoms with Crippen molar-refractivity contribution < 1.29 is 31.1 Å². The van der Waals surface area contributed by atoms with Gasteiger partial charge < -0.3 is 10.6 Å². The molecule has 2 fully saturated rings. The molecule has 0 aromatic carbocycles. The molecule has 2 saturated heterocycles. The number of carbonyl (C=O) groups excluding carboxylic acids is 1. The molecule has 0 spiro atoms. The van der Waals surface area contributed by atoms with Crippen LogP contribution in [0.1, 0.15) is 25.7 Å². The Bertz CT molecular complexity index is 336. The molecular weight excluding hydrogens is 302 g/mol. The first kappa shape index (κ1) is 18.1. The van der Waals surface area contributed by atoms with Crippen LogP contribution in [0, 0.1) is 11.8 Å². The predicted octanol–water partition coefficient (Wildman–Crippen LogP) is 2.62. The van der Waals surface area contributed by atoms with E-state index < -0.39 is 31.1 Å².